The average Bonchev–Trinajstić information content (AvgIpc) is 3.73. The second-order valence-corrected chi connectivity index (χ2v) is 13.6. The molecule has 2 aromatic heterocycles. The molecule has 6 atom stereocenters. The SMILES string of the molecule is C=CCOC(=O)C1=C(S[C@H]2C[C@@H](C(=O)N(C)Cc3n4ccsc4c[n+]3C)N(C(=O)OCC=C)C2)[C@H](C)[C@@H]2[C@@H]([C@@H](C)O)C(=O)N12. The van der Waals surface area contributed by atoms with Crippen LogP contribution >= 0.6 is 23.1 Å². The van der Waals surface area contributed by atoms with Gasteiger partial charge in [0.2, 0.25) is 16.6 Å². The quantitative estimate of drug-likeness (QED) is 0.171. The third kappa shape index (κ3) is 5.54. The molecule has 0 radical (unpaired) electrons. The molecule has 14 heteroatoms. The smallest absolute Gasteiger partial charge is 0.410 e. The van der Waals surface area contributed by atoms with Crippen LogP contribution in [0.3, 0.4) is 0 Å². The van der Waals surface area contributed by atoms with E-state index >= 15 is 0 Å². The number of carbonyl (C=O) groups excluding carboxylic acids is 4. The number of amides is 3. The van der Waals surface area contributed by atoms with Gasteiger partial charge in [-0.1, -0.05) is 43.6 Å². The van der Waals surface area contributed by atoms with E-state index in [0.717, 1.165) is 10.7 Å². The molecule has 5 rings (SSSR count). The number of likely N-dealkylation sites (tertiary alicyclic amines) is 1. The molecule has 3 amide bonds. The van der Waals surface area contributed by atoms with Crippen LogP contribution in [-0.2, 0) is 37.4 Å². The number of β-lactam (4-membered cyclic amide) rings is 1. The number of aliphatic hydroxyl groups excluding tert-OH is 1. The van der Waals surface area contributed by atoms with Crippen molar-refractivity contribution >= 4 is 51.8 Å². The summed E-state index contributed by atoms with van der Waals surface area (Å²) >= 11 is 2.98. The number of thioether (sulfide) groups is 1. The largest absolute Gasteiger partial charge is 0.457 e. The summed E-state index contributed by atoms with van der Waals surface area (Å²) in [6.07, 6.45) is 5.69. The zero-order valence-electron chi connectivity index (χ0n) is 25.2. The molecule has 2 fully saturated rings. The summed E-state index contributed by atoms with van der Waals surface area (Å²) in [5.74, 6) is -1.19. The molecule has 0 unspecified atom stereocenters. The van der Waals surface area contributed by atoms with Crippen molar-refractivity contribution in [1.29, 1.82) is 0 Å². The Hall–Kier alpha value is -3.62. The first-order valence-electron chi connectivity index (χ1n) is 14.4. The number of carbonyl (C=O) groups is 4. The Bertz CT molecular complexity index is 1530. The molecule has 44 heavy (non-hydrogen) atoms. The Morgan fingerprint density at radius 1 is 1.27 bits per heavy atom. The van der Waals surface area contributed by atoms with Crippen molar-refractivity contribution in [3.63, 3.8) is 0 Å². The third-order valence-electron chi connectivity index (χ3n) is 8.41. The number of ether oxygens (including phenoxy) is 2. The van der Waals surface area contributed by atoms with Gasteiger partial charge in [0.05, 0.1) is 25.1 Å². The molecule has 236 valence electrons. The summed E-state index contributed by atoms with van der Waals surface area (Å²) in [5.41, 5.74) is 0.157. The van der Waals surface area contributed by atoms with E-state index in [4.69, 9.17) is 9.47 Å². The average molecular weight is 645 g/mol. The maximum atomic E-state index is 13.9. The highest BCUT2D eigenvalue weighted by molar-refractivity contribution is 8.03. The van der Waals surface area contributed by atoms with E-state index in [-0.39, 0.29) is 54.5 Å². The summed E-state index contributed by atoms with van der Waals surface area (Å²) in [6, 6.07) is -1.18. The van der Waals surface area contributed by atoms with Crippen LogP contribution in [0.1, 0.15) is 26.1 Å². The highest BCUT2D eigenvalue weighted by Crippen LogP contribution is 2.52. The third-order valence-corrected chi connectivity index (χ3v) is 10.7. The van der Waals surface area contributed by atoms with E-state index in [1.807, 2.05) is 40.7 Å². The van der Waals surface area contributed by atoms with E-state index in [1.54, 1.807) is 30.2 Å². The number of aliphatic hydroxyl groups is 1. The van der Waals surface area contributed by atoms with Gasteiger partial charge in [-0.2, -0.15) is 4.40 Å². The van der Waals surface area contributed by atoms with Gasteiger partial charge >= 0.3 is 12.1 Å². The van der Waals surface area contributed by atoms with Crippen molar-refractivity contribution in [1.82, 2.24) is 19.1 Å². The van der Waals surface area contributed by atoms with Gasteiger partial charge in [0.15, 0.2) is 0 Å². The number of imidazole rings is 1. The minimum absolute atomic E-state index is 0.000976. The molecule has 0 bridgehead atoms. The lowest BCUT2D eigenvalue weighted by atomic mass is 9.79. The van der Waals surface area contributed by atoms with E-state index in [1.165, 1.54) is 33.7 Å². The van der Waals surface area contributed by atoms with Gasteiger partial charge in [0.1, 0.15) is 43.9 Å². The molecule has 0 spiro atoms. The zero-order chi connectivity index (χ0) is 31.9. The molecule has 3 aliphatic heterocycles. The van der Waals surface area contributed by atoms with Gasteiger partial charge in [-0.15, -0.1) is 11.8 Å². The van der Waals surface area contributed by atoms with Crippen LogP contribution in [-0.4, -0.2) is 98.3 Å². The maximum absolute atomic E-state index is 13.9. The Labute approximate surface area is 264 Å². The lowest BCUT2D eigenvalue weighted by Crippen LogP contribution is -2.63. The highest BCUT2D eigenvalue weighted by Gasteiger charge is 2.60. The van der Waals surface area contributed by atoms with Crippen molar-refractivity contribution in [2.45, 2.75) is 50.3 Å². The number of fused-ring (bicyclic) bond motifs is 2. The van der Waals surface area contributed by atoms with Crippen LogP contribution in [0.15, 0.2) is 53.7 Å². The Morgan fingerprint density at radius 3 is 2.66 bits per heavy atom. The van der Waals surface area contributed by atoms with Crippen molar-refractivity contribution < 1.29 is 38.3 Å². The minimum Gasteiger partial charge on any atom is -0.457 e. The standard InChI is InChI=1S/C30H38N5O7S2/c1-7-10-41-29(39)25-26(17(3)24-23(18(4)36)28(38)35(24)25)44-19-13-20(34(14-19)30(40)42-11-8-2)27(37)32(6)15-21-31(5)16-22-33(21)9-12-43-22/h7-9,12,16-20,23-24,36H,1-2,10-11,13-15H2,3-6H3/q+1/t17-,18-,19+,20+,23-,24-/m1/s1. The van der Waals surface area contributed by atoms with Gasteiger partial charge in [0.25, 0.3) is 5.82 Å². The van der Waals surface area contributed by atoms with Crippen LogP contribution < -0.4 is 4.57 Å². The van der Waals surface area contributed by atoms with Gasteiger partial charge in [-0.3, -0.25) is 14.5 Å². The summed E-state index contributed by atoms with van der Waals surface area (Å²) in [5, 5.41) is 12.0. The molecule has 3 aliphatic rings. The molecule has 12 nitrogen and oxygen atoms in total. The van der Waals surface area contributed by atoms with Gasteiger partial charge in [-0.25, -0.2) is 14.2 Å². The molecule has 2 saturated heterocycles. The molecule has 0 aromatic carbocycles. The van der Waals surface area contributed by atoms with Crippen molar-refractivity contribution in [3.05, 3.63) is 59.5 Å². The van der Waals surface area contributed by atoms with Crippen molar-refractivity contribution in [3.8, 4) is 0 Å². The number of esters is 1. The van der Waals surface area contributed by atoms with E-state index in [0.29, 0.717) is 17.9 Å². The molecule has 1 N–H and O–H groups in total. The summed E-state index contributed by atoms with van der Waals surface area (Å²) < 4.78 is 14.7. The van der Waals surface area contributed by atoms with Gasteiger partial charge < -0.3 is 24.4 Å². The minimum atomic E-state index is -0.877. The first-order chi connectivity index (χ1) is 21.0. The van der Waals surface area contributed by atoms with Crippen LogP contribution in [0.2, 0.25) is 0 Å². The second-order valence-electron chi connectivity index (χ2n) is 11.3. The summed E-state index contributed by atoms with van der Waals surface area (Å²) in [6.45, 7) is 11.2. The summed E-state index contributed by atoms with van der Waals surface area (Å²) in [4.78, 5) is 59.5. The van der Waals surface area contributed by atoms with Crippen LogP contribution in [0.25, 0.3) is 4.83 Å². The fraction of sp³-hybridized carbons (Fsp3) is 0.500. The number of likely N-dealkylation sites (N-methyl/N-ethyl adjacent to an activating group) is 1. The Balaban J connectivity index is 1.40. The Kier molecular flexibility index (Phi) is 9.23. The van der Waals surface area contributed by atoms with Gasteiger partial charge in [-0.05, 0) is 13.3 Å². The molecule has 0 saturated carbocycles. The number of rotatable bonds is 11. The maximum Gasteiger partial charge on any atom is 0.410 e. The molecular formula is C30H38N5O7S2+. The summed E-state index contributed by atoms with van der Waals surface area (Å²) in [7, 11) is 3.64. The first-order valence-corrected chi connectivity index (χ1v) is 16.2. The first kappa shape index (κ1) is 31.8. The number of thiazole rings is 1. The highest BCUT2D eigenvalue weighted by atomic mass is 32.2. The predicted octanol–water partition coefficient (Wildman–Crippen LogP) is 2.08. The van der Waals surface area contributed by atoms with E-state index in [9.17, 15) is 24.3 Å². The molecular weight excluding hydrogens is 606 g/mol. The molecule has 5 heterocycles. The topological polar surface area (TPSA) is 125 Å². The van der Waals surface area contributed by atoms with Crippen LogP contribution in [0.5, 0.6) is 0 Å². The zero-order valence-corrected chi connectivity index (χ0v) is 26.9. The fourth-order valence-corrected chi connectivity index (χ4v) is 8.66. The fourth-order valence-electron chi connectivity index (χ4n) is 6.32. The number of hydrogen-bond acceptors (Lipinski definition) is 9. The van der Waals surface area contributed by atoms with Crippen molar-refractivity contribution in [2.75, 3.05) is 26.8 Å². The molecule has 0 aliphatic carbocycles. The number of aromatic nitrogens is 2. The molecule has 2 aromatic rings. The van der Waals surface area contributed by atoms with E-state index < -0.39 is 30.1 Å². The number of hydrogen-bond donors (Lipinski definition) is 1. The monoisotopic (exact) mass is 644 g/mol. The predicted molar refractivity (Wildman–Crippen MR) is 164 cm³/mol. The lowest BCUT2D eigenvalue weighted by Gasteiger charge is -2.46. The van der Waals surface area contributed by atoms with Crippen LogP contribution in [0.4, 0.5) is 4.79 Å². The normalized spacial score (nSPS) is 25.1. The number of aryl methyl sites for hydroxylation is 1. The number of nitrogens with zero attached hydrogens (tertiary/aromatic N) is 5. The second kappa shape index (κ2) is 12.8. The Morgan fingerprint density at radius 2 is 1.98 bits per heavy atom. The van der Waals surface area contributed by atoms with Crippen molar-refractivity contribution in [2.24, 2.45) is 18.9 Å². The van der Waals surface area contributed by atoms with Gasteiger partial charge in [0, 0.05) is 35.0 Å². The lowest BCUT2D eigenvalue weighted by molar-refractivity contribution is -0.678. The van der Waals surface area contributed by atoms with E-state index in [2.05, 4.69) is 13.2 Å². The van der Waals surface area contributed by atoms with Crippen LogP contribution in [0, 0.1) is 11.8 Å².